The Labute approximate surface area is 270 Å². The maximum atomic E-state index is 13.8. The number of nitrogens with one attached hydrogen (secondary N) is 1. The molecule has 0 aliphatic heterocycles. The number of carboxylic acids is 1. The van der Waals surface area contributed by atoms with Crippen molar-refractivity contribution in [2.75, 3.05) is 13.1 Å². The predicted molar refractivity (Wildman–Crippen MR) is 171 cm³/mol. The third-order valence-corrected chi connectivity index (χ3v) is 6.99. The van der Waals surface area contributed by atoms with E-state index in [1.165, 1.54) is 41.3 Å². The van der Waals surface area contributed by atoms with E-state index >= 15 is 0 Å². The van der Waals surface area contributed by atoms with Crippen molar-refractivity contribution >= 4 is 18.0 Å². The molecule has 0 fully saturated rings. The second-order valence-corrected chi connectivity index (χ2v) is 11.7. The first kappa shape index (κ1) is 34.6. The summed E-state index contributed by atoms with van der Waals surface area (Å²) < 4.78 is 46.7. The summed E-state index contributed by atoms with van der Waals surface area (Å²) in [6.07, 6.45) is -5.51. The van der Waals surface area contributed by atoms with Crippen LogP contribution >= 0.6 is 0 Å². The Morgan fingerprint density at radius 1 is 0.766 bits per heavy atom. The highest BCUT2D eigenvalue weighted by atomic mass is 19.4. The second kappa shape index (κ2) is 14.8. The van der Waals surface area contributed by atoms with Crippen LogP contribution in [0.3, 0.4) is 0 Å². The Bertz CT molecular complexity index is 1650. The summed E-state index contributed by atoms with van der Waals surface area (Å²) in [7, 11) is 0. The molecule has 8 nitrogen and oxygen atoms in total. The topological polar surface area (TPSA) is 105 Å². The highest BCUT2D eigenvalue weighted by Gasteiger charge is 2.32. The Balaban J connectivity index is 1.55. The number of amides is 2. The monoisotopic (exact) mass is 648 g/mol. The fourth-order valence-corrected chi connectivity index (χ4v) is 4.83. The van der Waals surface area contributed by atoms with Crippen LogP contribution in [0.15, 0.2) is 103 Å². The van der Waals surface area contributed by atoms with Gasteiger partial charge in [-0.3, -0.25) is 4.79 Å². The molecule has 4 rings (SSSR count). The number of rotatable bonds is 11. The van der Waals surface area contributed by atoms with Gasteiger partial charge in [-0.25, -0.2) is 9.59 Å². The largest absolute Gasteiger partial charge is 0.573 e. The van der Waals surface area contributed by atoms with Crippen molar-refractivity contribution < 1.29 is 42.1 Å². The van der Waals surface area contributed by atoms with Crippen molar-refractivity contribution in [3.05, 3.63) is 114 Å². The van der Waals surface area contributed by atoms with Gasteiger partial charge in [0.15, 0.2) is 0 Å². The zero-order chi connectivity index (χ0) is 34.2. The molecule has 0 heterocycles. The zero-order valence-electron chi connectivity index (χ0n) is 26.1. The molecule has 0 saturated heterocycles. The lowest BCUT2D eigenvalue weighted by molar-refractivity contribution is -0.274. The van der Waals surface area contributed by atoms with Gasteiger partial charge in [0.1, 0.15) is 17.4 Å². The highest BCUT2D eigenvalue weighted by molar-refractivity contribution is 5.97. The molecule has 4 aromatic rings. The van der Waals surface area contributed by atoms with E-state index in [-0.39, 0.29) is 30.8 Å². The highest BCUT2D eigenvalue weighted by Crippen LogP contribution is 2.27. The van der Waals surface area contributed by atoms with Crippen LogP contribution in [-0.2, 0) is 16.0 Å². The minimum atomic E-state index is -4.81. The molecule has 0 unspecified atom stereocenters. The van der Waals surface area contributed by atoms with Crippen molar-refractivity contribution in [2.45, 2.75) is 45.2 Å². The van der Waals surface area contributed by atoms with Crippen LogP contribution in [0.1, 0.15) is 36.7 Å². The number of halogens is 3. The van der Waals surface area contributed by atoms with Gasteiger partial charge >= 0.3 is 18.4 Å². The van der Waals surface area contributed by atoms with Crippen LogP contribution in [0.4, 0.5) is 18.0 Å². The standard InChI is InChI=1S/C36H35F3N2O6/c1-35(2,3)47-34(45)40-21-22-41(31(33(43)44)23-24-9-11-26(12-10-24)25-7-5-4-6-8-25)32(42)29-15-13-27(14-16-29)28-17-19-30(20-18-28)46-36(37,38)39/h4-20,31H,21-23H2,1-3H3,(H,40,45)(H,43,44)/t31-/m0/s1. The van der Waals surface area contributed by atoms with Crippen molar-refractivity contribution in [1.82, 2.24) is 10.2 Å². The molecule has 246 valence electrons. The van der Waals surface area contributed by atoms with Crippen LogP contribution in [0.25, 0.3) is 22.3 Å². The Morgan fingerprint density at radius 2 is 1.28 bits per heavy atom. The van der Waals surface area contributed by atoms with Crippen molar-refractivity contribution in [1.29, 1.82) is 0 Å². The van der Waals surface area contributed by atoms with E-state index in [1.807, 2.05) is 54.6 Å². The van der Waals surface area contributed by atoms with Crippen LogP contribution in [0, 0.1) is 0 Å². The number of nitrogens with zero attached hydrogens (tertiary/aromatic N) is 1. The molecule has 0 saturated carbocycles. The summed E-state index contributed by atoms with van der Waals surface area (Å²) in [5, 5.41) is 12.9. The number of carboxylic acid groups (broad SMARTS) is 1. The van der Waals surface area contributed by atoms with E-state index in [0.29, 0.717) is 16.7 Å². The lowest BCUT2D eigenvalue weighted by Crippen LogP contribution is -2.49. The van der Waals surface area contributed by atoms with E-state index in [2.05, 4.69) is 10.1 Å². The quantitative estimate of drug-likeness (QED) is 0.174. The first-order valence-corrected chi connectivity index (χ1v) is 14.8. The first-order chi connectivity index (χ1) is 22.2. The molecule has 0 bridgehead atoms. The number of alkyl halides is 3. The molecule has 1 atom stereocenters. The van der Waals surface area contributed by atoms with Gasteiger partial charge in [0.2, 0.25) is 0 Å². The van der Waals surface area contributed by atoms with Gasteiger partial charge in [-0.1, -0.05) is 78.9 Å². The molecule has 11 heteroatoms. The van der Waals surface area contributed by atoms with E-state index in [0.717, 1.165) is 11.1 Å². The Kier molecular flexibility index (Phi) is 10.9. The number of alkyl carbamates (subject to hydrolysis) is 1. The van der Waals surface area contributed by atoms with Gasteiger partial charge in [-0.15, -0.1) is 13.2 Å². The van der Waals surface area contributed by atoms with Crippen LogP contribution in [0.5, 0.6) is 5.75 Å². The molecular weight excluding hydrogens is 613 g/mol. The number of hydrogen-bond donors (Lipinski definition) is 2. The summed E-state index contributed by atoms with van der Waals surface area (Å²) in [5.74, 6) is -2.16. The van der Waals surface area contributed by atoms with Crippen LogP contribution in [-0.4, -0.2) is 59.1 Å². The third-order valence-electron chi connectivity index (χ3n) is 6.99. The van der Waals surface area contributed by atoms with Gasteiger partial charge in [-0.2, -0.15) is 0 Å². The lowest BCUT2D eigenvalue weighted by atomic mass is 9.99. The molecular formula is C36H35F3N2O6. The Hall–Kier alpha value is -5.32. The van der Waals surface area contributed by atoms with Gasteiger partial charge in [0.05, 0.1) is 0 Å². The third kappa shape index (κ3) is 10.4. The molecule has 4 aromatic carbocycles. The summed E-state index contributed by atoms with van der Waals surface area (Å²) in [6, 6.07) is 27.4. The summed E-state index contributed by atoms with van der Waals surface area (Å²) in [6.45, 7) is 4.93. The number of hydrogen-bond acceptors (Lipinski definition) is 5. The van der Waals surface area contributed by atoms with E-state index in [9.17, 15) is 32.7 Å². The van der Waals surface area contributed by atoms with Crippen molar-refractivity contribution in [3.63, 3.8) is 0 Å². The summed E-state index contributed by atoms with van der Waals surface area (Å²) in [5.41, 5.74) is 3.30. The number of benzene rings is 4. The number of carbonyl (C=O) groups excluding carboxylic acids is 2. The van der Waals surface area contributed by atoms with Crippen molar-refractivity contribution in [2.24, 2.45) is 0 Å². The van der Waals surface area contributed by atoms with Gasteiger partial charge in [0.25, 0.3) is 5.91 Å². The first-order valence-electron chi connectivity index (χ1n) is 14.8. The van der Waals surface area contributed by atoms with Gasteiger partial charge < -0.3 is 24.8 Å². The zero-order valence-corrected chi connectivity index (χ0v) is 26.1. The molecule has 0 radical (unpaired) electrons. The maximum Gasteiger partial charge on any atom is 0.573 e. The lowest BCUT2D eigenvalue weighted by Gasteiger charge is -2.30. The summed E-state index contributed by atoms with van der Waals surface area (Å²) in [4.78, 5) is 39.9. The molecule has 2 N–H and O–H groups in total. The van der Waals surface area contributed by atoms with E-state index in [1.54, 1.807) is 32.9 Å². The van der Waals surface area contributed by atoms with Crippen LogP contribution in [0.2, 0.25) is 0 Å². The van der Waals surface area contributed by atoms with Gasteiger partial charge in [0, 0.05) is 25.1 Å². The van der Waals surface area contributed by atoms with E-state index in [4.69, 9.17) is 4.74 Å². The minimum absolute atomic E-state index is 0.00695. The molecule has 0 spiro atoms. The number of ether oxygens (including phenoxy) is 2. The smallest absolute Gasteiger partial charge is 0.480 e. The number of aliphatic carboxylic acids is 1. The van der Waals surface area contributed by atoms with Crippen LogP contribution < -0.4 is 10.1 Å². The molecule has 0 aliphatic carbocycles. The molecule has 0 aromatic heterocycles. The fourth-order valence-electron chi connectivity index (χ4n) is 4.83. The second-order valence-electron chi connectivity index (χ2n) is 11.7. The fraction of sp³-hybridized carbons (Fsp3) is 0.250. The average Bonchev–Trinajstić information content (AvgIpc) is 3.01. The maximum absolute atomic E-state index is 13.8. The predicted octanol–water partition coefficient (Wildman–Crippen LogP) is 7.58. The molecule has 2 amide bonds. The number of carbonyl (C=O) groups is 3. The molecule has 0 aliphatic rings. The Morgan fingerprint density at radius 3 is 1.79 bits per heavy atom. The molecule has 47 heavy (non-hydrogen) atoms. The summed E-state index contributed by atoms with van der Waals surface area (Å²) >= 11 is 0. The minimum Gasteiger partial charge on any atom is -0.480 e. The van der Waals surface area contributed by atoms with Crippen molar-refractivity contribution in [3.8, 4) is 28.0 Å². The van der Waals surface area contributed by atoms with Gasteiger partial charge in [-0.05, 0) is 72.9 Å². The SMILES string of the molecule is CC(C)(C)OC(=O)NCCN(C(=O)c1ccc(-c2ccc(OC(F)(F)F)cc2)cc1)[C@@H](Cc1ccc(-c2ccccc2)cc1)C(=O)O. The normalized spacial score (nSPS) is 12.1. The average molecular weight is 649 g/mol. The van der Waals surface area contributed by atoms with E-state index < -0.39 is 36.0 Å².